The number of ether oxygens (including phenoxy) is 2. The summed E-state index contributed by atoms with van der Waals surface area (Å²) in [6.07, 6.45) is -0.690. The van der Waals surface area contributed by atoms with Crippen LogP contribution in [-0.2, 0) is 31.8 Å². The number of imidazole rings is 1. The zero-order valence-corrected chi connectivity index (χ0v) is 25.1. The Morgan fingerprint density at radius 2 is 1.60 bits per heavy atom. The number of pyridine rings is 1. The second-order valence-electron chi connectivity index (χ2n) is 9.89. The molecule has 11 nitrogen and oxygen atoms in total. The molecule has 0 radical (unpaired) electrons. The number of rotatable bonds is 13. The molecule has 3 N–H and O–H groups in total. The van der Waals surface area contributed by atoms with Crippen LogP contribution in [0.15, 0.2) is 84.9 Å². The van der Waals surface area contributed by atoms with Crippen LogP contribution in [0.2, 0.25) is 0 Å². The van der Waals surface area contributed by atoms with E-state index >= 15 is 0 Å². The summed E-state index contributed by atoms with van der Waals surface area (Å²) in [5, 5.41) is 3.61. The number of benzene rings is 3. The number of hydrogen-bond acceptors (Lipinski definition) is 9. The number of fused-ring (bicyclic) bond motifs is 3. The molecule has 0 amide bonds. The maximum absolute atomic E-state index is 14.2. The standard InChI is InChI=1S/C31H34N5O6P/c1-4-39-20-27-34-28-29(25-17-11-12-18-26(25)33-30(28)32)36(27)19-21(2)41-43(38,42-24-15-9-6-10-16-24)35-22(3)31(37)40-23-13-7-5-8-14-23/h5-18,21-22H,4,19-20H2,1-3H3,(H2,32,33)(H,35,38)/t21-,22+,43?/m1/s1. The van der Waals surface area contributed by atoms with Crippen LogP contribution in [0.4, 0.5) is 5.82 Å². The lowest BCUT2D eigenvalue weighted by molar-refractivity contribution is -0.136. The molecule has 5 rings (SSSR count). The molecule has 5 aromatic rings. The van der Waals surface area contributed by atoms with Gasteiger partial charge in [0.2, 0.25) is 0 Å². The fraction of sp³-hybridized carbons (Fsp3) is 0.258. The average Bonchev–Trinajstić information content (AvgIpc) is 3.35. The Labute approximate surface area is 249 Å². The molecule has 0 aliphatic heterocycles. The Morgan fingerprint density at radius 3 is 2.30 bits per heavy atom. The van der Waals surface area contributed by atoms with Crippen molar-refractivity contribution in [1.29, 1.82) is 0 Å². The number of hydrogen-bond donors (Lipinski definition) is 2. The first-order chi connectivity index (χ1) is 20.8. The first-order valence-electron chi connectivity index (χ1n) is 13.9. The normalized spacial score (nSPS) is 14.3. The molecule has 2 aromatic heterocycles. The van der Waals surface area contributed by atoms with Crippen molar-refractivity contribution >= 4 is 41.5 Å². The van der Waals surface area contributed by atoms with Crippen molar-refractivity contribution in [2.24, 2.45) is 0 Å². The molecule has 12 heteroatoms. The zero-order chi connectivity index (χ0) is 30.4. The lowest BCUT2D eigenvalue weighted by atomic mass is 10.2. The number of nitrogens with two attached hydrogens (primary N) is 1. The summed E-state index contributed by atoms with van der Waals surface area (Å²) in [5.41, 5.74) is 8.34. The van der Waals surface area contributed by atoms with Gasteiger partial charge in [-0.25, -0.2) is 19.3 Å². The molecule has 3 aromatic carbocycles. The number of esters is 1. The van der Waals surface area contributed by atoms with Crippen LogP contribution in [0.1, 0.15) is 26.6 Å². The fourth-order valence-corrected chi connectivity index (χ4v) is 6.29. The molecule has 0 bridgehead atoms. The lowest BCUT2D eigenvalue weighted by Crippen LogP contribution is -2.37. The summed E-state index contributed by atoms with van der Waals surface area (Å²) in [7, 11) is -4.14. The minimum absolute atomic E-state index is 0.221. The molecule has 0 fully saturated rings. The van der Waals surface area contributed by atoms with E-state index in [9.17, 15) is 9.36 Å². The number of aromatic nitrogens is 3. The minimum Gasteiger partial charge on any atom is -0.425 e. The molecular formula is C31H34N5O6P. The van der Waals surface area contributed by atoms with E-state index in [1.165, 1.54) is 6.92 Å². The van der Waals surface area contributed by atoms with E-state index in [1.54, 1.807) is 55.5 Å². The second-order valence-corrected chi connectivity index (χ2v) is 11.5. The molecule has 2 heterocycles. The molecule has 43 heavy (non-hydrogen) atoms. The fourth-order valence-electron chi connectivity index (χ4n) is 4.61. The van der Waals surface area contributed by atoms with Gasteiger partial charge >= 0.3 is 13.7 Å². The SMILES string of the molecule is CCOCc1nc2c(N)nc3ccccc3c2n1C[C@@H](C)OP(=O)(N[C@@H](C)C(=O)Oc1ccccc1)Oc1ccccc1. The van der Waals surface area contributed by atoms with Gasteiger partial charge in [0.1, 0.15) is 35.5 Å². The number of nitrogen functional groups attached to an aromatic ring is 1. The van der Waals surface area contributed by atoms with Crippen molar-refractivity contribution in [2.45, 2.75) is 46.1 Å². The van der Waals surface area contributed by atoms with Crippen molar-refractivity contribution in [3.05, 3.63) is 90.8 Å². The third-order valence-electron chi connectivity index (χ3n) is 6.52. The van der Waals surface area contributed by atoms with E-state index in [0.29, 0.717) is 35.3 Å². The summed E-state index contributed by atoms with van der Waals surface area (Å²) in [6.45, 7) is 6.13. The van der Waals surface area contributed by atoms with Crippen molar-refractivity contribution in [2.75, 3.05) is 12.3 Å². The zero-order valence-electron chi connectivity index (χ0n) is 24.2. The van der Waals surface area contributed by atoms with Gasteiger partial charge in [-0.3, -0.25) is 4.52 Å². The van der Waals surface area contributed by atoms with Crippen LogP contribution in [0.3, 0.4) is 0 Å². The van der Waals surface area contributed by atoms with Gasteiger partial charge in [-0.15, -0.1) is 0 Å². The highest BCUT2D eigenvalue weighted by molar-refractivity contribution is 7.52. The van der Waals surface area contributed by atoms with Crippen molar-refractivity contribution in [3.8, 4) is 11.5 Å². The lowest BCUT2D eigenvalue weighted by Gasteiger charge is -2.26. The van der Waals surface area contributed by atoms with Crippen LogP contribution in [-0.4, -0.2) is 39.3 Å². The molecular weight excluding hydrogens is 569 g/mol. The van der Waals surface area contributed by atoms with E-state index in [2.05, 4.69) is 10.1 Å². The molecule has 224 valence electrons. The predicted octanol–water partition coefficient (Wildman–Crippen LogP) is 5.88. The Balaban J connectivity index is 1.44. The third kappa shape index (κ3) is 7.21. The molecule has 0 aliphatic carbocycles. The monoisotopic (exact) mass is 603 g/mol. The van der Waals surface area contributed by atoms with Gasteiger partial charge in [-0.1, -0.05) is 54.6 Å². The number of anilines is 1. The first kappa shape index (κ1) is 30.2. The van der Waals surface area contributed by atoms with Crippen molar-refractivity contribution < 1.29 is 27.9 Å². The first-order valence-corrected chi connectivity index (χ1v) is 15.5. The van der Waals surface area contributed by atoms with E-state index < -0.39 is 25.9 Å². The molecule has 0 spiro atoms. The number of nitrogens with one attached hydrogen (secondary N) is 1. The maximum atomic E-state index is 14.2. The predicted molar refractivity (Wildman–Crippen MR) is 165 cm³/mol. The van der Waals surface area contributed by atoms with E-state index in [1.807, 2.05) is 47.9 Å². The minimum atomic E-state index is -4.14. The van der Waals surface area contributed by atoms with Gasteiger partial charge in [0.25, 0.3) is 0 Å². The summed E-state index contributed by atoms with van der Waals surface area (Å²) in [4.78, 5) is 22.1. The van der Waals surface area contributed by atoms with Crippen LogP contribution >= 0.6 is 7.75 Å². The molecule has 3 atom stereocenters. The van der Waals surface area contributed by atoms with Crippen LogP contribution in [0.25, 0.3) is 21.9 Å². The Morgan fingerprint density at radius 1 is 0.953 bits per heavy atom. The summed E-state index contributed by atoms with van der Waals surface area (Å²) in [5.74, 6) is 0.939. The molecule has 0 aliphatic rings. The Kier molecular flexibility index (Phi) is 9.37. The van der Waals surface area contributed by atoms with Crippen molar-refractivity contribution in [3.63, 3.8) is 0 Å². The van der Waals surface area contributed by atoms with Crippen LogP contribution < -0.4 is 20.1 Å². The van der Waals surface area contributed by atoms with Crippen LogP contribution in [0.5, 0.6) is 11.5 Å². The number of carbonyl (C=O) groups is 1. The van der Waals surface area contributed by atoms with Gasteiger partial charge in [0, 0.05) is 12.0 Å². The van der Waals surface area contributed by atoms with E-state index in [4.69, 9.17) is 29.2 Å². The Bertz CT molecular complexity index is 1750. The average molecular weight is 604 g/mol. The topological polar surface area (TPSA) is 140 Å². The van der Waals surface area contributed by atoms with Gasteiger partial charge in [-0.2, -0.15) is 5.09 Å². The van der Waals surface area contributed by atoms with Gasteiger partial charge < -0.3 is 24.3 Å². The van der Waals surface area contributed by atoms with Gasteiger partial charge in [0.15, 0.2) is 5.82 Å². The molecule has 1 unspecified atom stereocenters. The van der Waals surface area contributed by atoms with Crippen LogP contribution in [0, 0.1) is 0 Å². The molecule has 0 saturated heterocycles. The highest BCUT2D eigenvalue weighted by Gasteiger charge is 2.35. The number of para-hydroxylation sites is 3. The third-order valence-corrected chi connectivity index (χ3v) is 8.31. The van der Waals surface area contributed by atoms with Gasteiger partial charge in [-0.05, 0) is 51.1 Å². The second kappa shape index (κ2) is 13.4. The number of nitrogens with zero attached hydrogens (tertiary/aromatic N) is 3. The van der Waals surface area contributed by atoms with Crippen molar-refractivity contribution in [1.82, 2.24) is 19.6 Å². The largest absolute Gasteiger partial charge is 0.459 e. The highest BCUT2D eigenvalue weighted by Crippen LogP contribution is 2.46. The van der Waals surface area contributed by atoms with E-state index in [0.717, 1.165) is 16.4 Å². The molecule has 0 saturated carbocycles. The summed E-state index contributed by atoms with van der Waals surface area (Å²) < 4.78 is 39.3. The smallest absolute Gasteiger partial charge is 0.425 e. The maximum Gasteiger partial charge on any atom is 0.459 e. The summed E-state index contributed by atoms with van der Waals surface area (Å²) >= 11 is 0. The summed E-state index contributed by atoms with van der Waals surface area (Å²) in [6, 6.07) is 23.8. The quantitative estimate of drug-likeness (QED) is 0.0953. The highest BCUT2D eigenvalue weighted by atomic mass is 31.2. The number of carbonyl (C=O) groups excluding carboxylic acids is 1. The van der Waals surface area contributed by atoms with Gasteiger partial charge in [0.05, 0.1) is 23.7 Å². The van der Waals surface area contributed by atoms with E-state index in [-0.39, 0.29) is 13.2 Å². The Hall–Kier alpha value is -4.28.